The summed E-state index contributed by atoms with van der Waals surface area (Å²) in [4.78, 5) is 20.6. The SMILES string of the molecule is NC(=O)c1cccs1.O=C(NCc1ccc(S(F)(F)(F)(F)F)cc1)c1ccc(F)s1. The van der Waals surface area contributed by atoms with Crippen molar-refractivity contribution in [1.29, 1.82) is 0 Å². The first-order chi connectivity index (χ1) is 13.7. The van der Waals surface area contributed by atoms with Gasteiger partial charge in [-0.05, 0) is 41.3 Å². The zero-order chi connectivity index (χ0) is 22.6. The molecule has 164 valence electrons. The van der Waals surface area contributed by atoms with Crippen LogP contribution in [-0.2, 0) is 6.54 Å². The van der Waals surface area contributed by atoms with Gasteiger partial charge in [0.05, 0.1) is 9.75 Å². The molecule has 4 nitrogen and oxygen atoms in total. The van der Waals surface area contributed by atoms with Gasteiger partial charge >= 0.3 is 10.2 Å². The summed E-state index contributed by atoms with van der Waals surface area (Å²) < 4.78 is 75.3. The molecular formula is C17H14F6N2O2S3. The molecule has 2 amide bonds. The van der Waals surface area contributed by atoms with Gasteiger partial charge in [-0.2, -0.15) is 4.39 Å². The van der Waals surface area contributed by atoms with Crippen LogP contribution in [0.15, 0.2) is 58.8 Å². The van der Waals surface area contributed by atoms with Crippen LogP contribution < -0.4 is 11.1 Å². The number of nitrogens with one attached hydrogen (secondary N) is 1. The molecule has 0 aliphatic carbocycles. The van der Waals surface area contributed by atoms with Gasteiger partial charge in [0.1, 0.15) is 4.90 Å². The summed E-state index contributed by atoms with van der Waals surface area (Å²) in [6, 6.07) is 8.10. The molecule has 0 unspecified atom stereocenters. The van der Waals surface area contributed by atoms with E-state index in [2.05, 4.69) is 5.32 Å². The van der Waals surface area contributed by atoms with Crippen LogP contribution in [-0.4, -0.2) is 11.8 Å². The van der Waals surface area contributed by atoms with E-state index >= 15 is 0 Å². The predicted octanol–water partition coefficient (Wildman–Crippen LogP) is 6.32. The molecule has 0 saturated carbocycles. The van der Waals surface area contributed by atoms with Gasteiger partial charge < -0.3 is 11.1 Å². The van der Waals surface area contributed by atoms with Gasteiger partial charge in [0.25, 0.3) is 11.8 Å². The summed E-state index contributed by atoms with van der Waals surface area (Å²) in [5.74, 6) is -0.953. The molecule has 2 aromatic heterocycles. The van der Waals surface area contributed by atoms with Crippen molar-refractivity contribution >= 4 is 44.7 Å². The first-order valence-electron chi connectivity index (χ1n) is 7.85. The molecule has 3 N–H and O–H groups in total. The number of halogens is 6. The third kappa shape index (κ3) is 7.07. The maximum atomic E-state index is 12.7. The lowest BCUT2D eigenvalue weighted by Crippen LogP contribution is -2.21. The Kier molecular flexibility index (Phi) is 6.31. The molecule has 1 aromatic carbocycles. The molecule has 0 aliphatic heterocycles. The summed E-state index contributed by atoms with van der Waals surface area (Å²) in [7, 11) is -9.68. The molecule has 3 aromatic rings. The van der Waals surface area contributed by atoms with Gasteiger partial charge in [-0.3, -0.25) is 9.59 Å². The molecule has 2 heterocycles. The average Bonchev–Trinajstić information content (AvgIpc) is 3.30. The minimum Gasteiger partial charge on any atom is -0.365 e. The monoisotopic (exact) mass is 488 g/mol. The number of benzene rings is 1. The fraction of sp³-hybridized carbons (Fsp3) is 0.0588. The maximum absolute atomic E-state index is 12.7. The Bertz CT molecular complexity index is 1030. The lowest BCUT2D eigenvalue weighted by Gasteiger charge is -2.40. The molecule has 0 bridgehead atoms. The molecule has 30 heavy (non-hydrogen) atoms. The van der Waals surface area contributed by atoms with Gasteiger partial charge in [-0.25, -0.2) is 0 Å². The summed E-state index contributed by atoms with van der Waals surface area (Å²) in [6.45, 7) is -0.168. The van der Waals surface area contributed by atoms with Crippen LogP contribution >= 0.6 is 32.9 Å². The first kappa shape index (κ1) is 23.8. The van der Waals surface area contributed by atoms with Crippen LogP contribution in [0.5, 0.6) is 0 Å². The molecule has 0 aliphatic rings. The van der Waals surface area contributed by atoms with Crippen LogP contribution in [0.25, 0.3) is 0 Å². The number of primary amides is 1. The smallest absolute Gasteiger partial charge is 0.310 e. The third-order valence-electron chi connectivity index (χ3n) is 3.38. The number of thiophene rings is 2. The van der Waals surface area contributed by atoms with Crippen LogP contribution in [0, 0.1) is 5.13 Å². The topological polar surface area (TPSA) is 72.2 Å². The number of amides is 2. The van der Waals surface area contributed by atoms with E-state index in [-0.39, 0.29) is 35.0 Å². The van der Waals surface area contributed by atoms with E-state index < -0.39 is 26.2 Å². The summed E-state index contributed by atoms with van der Waals surface area (Å²) in [5.41, 5.74) is 5.13. The van der Waals surface area contributed by atoms with Gasteiger partial charge in [-0.15, -0.1) is 22.7 Å². The Morgan fingerprint density at radius 3 is 1.97 bits per heavy atom. The number of carbonyl (C=O) groups is 2. The molecule has 0 radical (unpaired) electrons. The van der Waals surface area contributed by atoms with E-state index in [4.69, 9.17) is 5.73 Å². The molecule has 0 spiro atoms. The fourth-order valence-corrected chi connectivity index (χ4v) is 3.86. The van der Waals surface area contributed by atoms with Crippen molar-refractivity contribution in [1.82, 2.24) is 5.32 Å². The Hall–Kier alpha value is -2.51. The minimum atomic E-state index is -9.68. The normalized spacial score (nSPS) is 13.4. The second-order valence-electron chi connectivity index (χ2n) is 5.74. The first-order valence-corrected chi connectivity index (χ1v) is 11.5. The molecule has 0 fully saturated rings. The van der Waals surface area contributed by atoms with E-state index in [0.29, 0.717) is 16.2 Å². The number of hydrogen-bond acceptors (Lipinski definition) is 4. The standard InChI is InChI=1S/C12H9F6NOS2.C5H5NOS/c13-11-6-5-10(21-11)12(20)19-7-8-1-3-9(4-2-8)22(14,15,16,17)18;6-5(7)4-2-1-3-8-4/h1-6H,7H2,(H,19,20);1-3H,(H2,6,7). The Morgan fingerprint density at radius 2 is 1.57 bits per heavy atom. The lowest BCUT2D eigenvalue weighted by atomic mass is 10.2. The van der Waals surface area contributed by atoms with E-state index in [1.165, 1.54) is 17.4 Å². The fourth-order valence-electron chi connectivity index (χ4n) is 1.99. The Labute approximate surface area is 175 Å². The van der Waals surface area contributed by atoms with Gasteiger partial charge in [0.15, 0.2) is 5.13 Å². The Morgan fingerprint density at radius 1 is 0.933 bits per heavy atom. The van der Waals surface area contributed by atoms with Crippen LogP contribution in [0.4, 0.5) is 23.8 Å². The largest absolute Gasteiger partial charge is 0.365 e. The van der Waals surface area contributed by atoms with Crippen LogP contribution in [0.2, 0.25) is 0 Å². The van der Waals surface area contributed by atoms with Gasteiger partial charge in [-0.1, -0.05) is 37.6 Å². The summed E-state index contributed by atoms with van der Waals surface area (Å²) >= 11 is 1.97. The zero-order valence-corrected chi connectivity index (χ0v) is 17.2. The lowest BCUT2D eigenvalue weighted by molar-refractivity contribution is 0.0953. The van der Waals surface area contributed by atoms with Crippen molar-refractivity contribution in [2.45, 2.75) is 11.4 Å². The quantitative estimate of drug-likeness (QED) is 0.413. The number of rotatable bonds is 5. The van der Waals surface area contributed by atoms with Crippen molar-refractivity contribution in [2.75, 3.05) is 0 Å². The summed E-state index contributed by atoms with van der Waals surface area (Å²) in [5, 5.41) is 3.62. The highest BCUT2D eigenvalue weighted by Crippen LogP contribution is 3.02. The molecule has 13 heteroatoms. The van der Waals surface area contributed by atoms with Crippen molar-refractivity contribution < 1.29 is 33.4 Å². The van der Waals surface area contributed by atoms with E-state index in [1.807, 2.05) is 5.38 Å². The summed E-state index contributed by atoms with van der Waals surface area (Å²) in [6.07, 6.45) is 0. The third-order valence-corrected chi connectivity index (χ3v) is 6.30. The van der Waals surface area contributed by atoms with Crippen LogP contribution in [0.3, 0.4) is 0 Å². The highest BCUT2D eigenvalue weighted by atomic mass is 32.5. The molecule has 0 saturated heterocycles. The molecule has 3 rings (SSSR count). The van der Waals surface area contributed by atoms with Crippen LogP contribution in [0.1, 0.15) is 24.9 Å². The second-order valence-corrected chi connectivity index (χ2v) is 10.1. The van der Waals surface area contributed by atoms with Crippen molar-refractivity contribution in [3.63, 3.8) is 0 Å². The number of carbonyl (C=O) groups excluding carboxylic acids is 2. The zero-order valence-electron chi connectivity index (χ0n) is 14.8. The van der Waals surface area contributed by atoms with Gasteiger partial charge in [0.2, 0.25) is 0 Å². The van der Waals surface area contributed by atoms with E-state index in [1.54, 1.807) is 12.1 Å². The minimum absolute atomic E-state index is 0.0983. The number of nitrogens with two attached hydrogens (primary N) is 1. The van der Waals surface area contributed by atoms with Crippen molar-refractivity contribution in [2.24, 2.45) is 5.73 Å². The van der Waals surface area contributed by atoms with Gasteiger partial charge in [0, 0.05) is 6.54 Å². The van der Waals surface area contributed by atoms with Crippen molar-refractivity contribution in [3.05, 3.63) is 74.4 Å². The maximum Gasteiger partial charge on any atom is 0.310 e. The van der Waals surface area contributed by atoms with E-state index in [9.17, 15) is 33.4 Å². The highest BCUT2D eigenvalue weighted by Gasteiger charge is 2.65. The second kappa shape index (κ2) is 7.96. The molecular weight excluding hydrogens is 474 g/mol. The van der Waals surface area contributed by atoms with Crippen molar-refractivity contribution in [3.8, 4) is 0 Å². The average molecular weight is 488 g/mol. The highest BCUT2D eigenvalue weighted by molar-refractivity contribution is 8.45. The molecule has 0 atom stereocenters. The number of hydrogen-bond donors (Lipinski definition) is 2. The predicted molar refractivity (Wildman–Crippen MR) is 106 cm³/mol. The van der Waals surface area contributed by atoms with E-state index in [0.717, 1.165) is 18.2 Å². The Balaban J connectivity index is 0.000000335.